The highest BCUT2D eigenvalue weighted by atomic mass is 19.1. The molecule has 0 atom stereocenters. The zero-order chi connectivity index (χ0) is 19.4. The lowest BCUT2D eigenvalue weighted by Crippen LogP contribution is -2.03. The third kappa shape index (κ3) is 4.63. The predicted molar refractivity (Wildman–Crippen MR) is 102 cm³/mol. The fourth-order valence-electron chi connectivity index (χ4n) is 2.55. The van der Waals surface area contributed by atoms with Gasteiger partial charge < -0.3 is 20.9 Å². The first-order valence-electron chi connectivity index (χ1n) is 8.49. The lowest BCUT2D eigenvalue weighted by atomic mass is 10.0. The van der Waals surface area contributed by atoms with E-state index in [9.17, 15) is 4.39 Å². The Morgan fingerprint density at radius 1 is 1.07 bits per heavy atom. The Morgan fingerprint density at radius 3 is 2.59 bits per heavy atom. The third-order valence-corrected chi connectivity index (χ3v) is 3.92. The van der Waals surface area contributed by atoms with Gasteiger partial charge in [-0.05, 0) is 41.8 Å². The van der Waals surface area contributed by atoms with Crippen molar-refractivity contribution in [2.45, 2.75) is 26.4 Å². The van der Waals surface area contributed by atoms with Crippen LogP contribution in [0.4, 0.5) is 16.2 Å². The summed E-state index contributed by atoms with van der Waals surface area (Å²) >= 11 is 0. The van der Waals surface area contributed by atoms with E-state index in [2.05, 4.69) is 9.97 Å². The number of anilines is 2. The maximum atomic E-state index is 13.3. The van der Waals surface area contributed by atoms with Gasteiger partial charge in [-0.15, -0.1) is 0 Å². The van der Waals surface area contributed by atoms with E-state index in [1.54, 1.807) is 18.2 Å². The van der Waals surface area contributed by atoms with Gasteiger partial charge in [0.2, 0.25) is 5.95 Å². The number of aromatic nitrogens is 2. The minimum absolute atomic E-state index is 0.0880. The van der Waals surface area contributed by atoms with E-state index < -0.39 is 0 Å². The molecule has 1 aromatic heterocycles. The average molecular weight is 368 g/mol. The number of hydrogen-bond acceptors (Lipinski definition) is 6. The minimum atomic E-state index is -0.286. The van der Waals surface area contributed by atoms with E-state index in [0.717, 1.165) is 11.1 Å². The van der Waals surface area contributed by atoms with Crippen LogP contribution in [0.1, 0.15) is 30.9 Å². The molecule has 3 aromatic rings. The van der Waals surface area contributed by atoms with E-state index in [1.165, 1.54) is 18.3 Å². The van der Waals surface area contributed by atoms with Crippen LogP contribution in [-0.2, 0) is 6.61 Å². The highest BCUT2D eigenvalue weighted by molar-refractivity contribution is 5.51. The number of ether oxygens (including phenoxy) is 2. The van der Waals surface area contributed by atoms with Crippen molar-refractivity contribution in [3.63, 3.8) is 0 Å². The fraction of sp³-hybridized carbons (Fsp3) is 0.200. The molecule has 140 valence electrons. The van der Waals surface area contributed by atoms with Gasteiger partial charge in [-0.3, -0.25) is 0 Å². The summed E-state index contributed by atoms with van der Waals surface area (Å²) in [5, 5.41) is 0. The van der Waals surface area contributed by atoms with Gasteiger partial charge in [0.15, 0.2) is 11.6 Å². The standard InChI is InChI=1S/C20H21FN4O2/c1-12(2)16-9-15(26-11-13-4-3-5-14(21)8-13)6-7-17(16)27-18-10-24-20(23)25-19(18)22/h3-10,12H,11H2,1-2H3,(H4,22,23,24,25). The Kier molecular flexibility index (Phi) is 5.40. The second-order valence-corrected chi connectivity index (χ2v) is 6.35. The number of nitrogens with two attached hydrogens (primary N) is 2. The summed E-state index contributed by atoms with van der Waals surface area (Å²) in [6.07, 6.45) is 1.44. The molecule has 0 aliphatic heterocycles. The molecule has 4 N–H and O–H groups in total. The SMILES string of the molecule is CC(C)c1cc(OCc2cccc(F)c2)ccc1Oc1cnc(N)nc1N. The summed E-state index contributed by atoms with van der Waals surface area (Å²) in [7, 11) is 0. The monoisotopic (exact) mass is 368 g/mol. The van der Waals surface area contributed by atoms with Crippen LogP contribution in [0.2, 0.25) is 0 Å². The number of nitrogens with zero attached hydrogens (tertiary/aromatic N) is 2. The van der Waals surface area contributed by atoms with Crippen LogP contribution < -0.4 is 20.9 Å². The van der Waals surface area contributed by atoms with Gasteiger partial charge in [-0.2, -0.15) is 4.98 Å². The molecular weight excluding hydrogens is 347 g/mol. The Bertz CT molecular complexity index is 947. The number of nitrogen functional groups attached to an aromatic ring is 2. The number of halogens is 1. The molecule has 0 bridgehead atoms. The van der Waals surface area contributed by atoms with Crippen molar-refractivity contribution < 1.29 is 13.9 Å². The molecule has 0 saturated heterocycles. The fourth-order valence-corrected chi connectivity index (χ4v) is 2.55. The predicted octanol–water partition coefficient (Wildman–Crippen LogP) is 4.27. The highest BCUT2D eigenvalue weighted by Gasteiger charge is 2.13. The van der Waals surface area contributed by atoms with Gasteiger partial charge in [-0.25, -0.2) is 9.37 Å². The maximum absolute atomic E-state index is 13.3. The Hall–Kier alpha value is -3.35. The zero-order valence-corrected chi connectivity index (χ0v) is 15.1. The van der Waals surface area contributed by atoms with E-state index in [0.29, 0.717) is 17.2 Å². The van der Waals surface area contributed by atoms with Crippen LogP contribution in [0, 0.1) is 5.82 Å². The van der Waals surface area contributed by atoms with Gasteiger partial charge >= 0.3 is 0 Å². The van der Waals surface area contributed by atoms with Crippen LogP contribution in [0.15, 0.2) is 48.7 Å². The molecule has 0 unspecified atom stereocenters. The van der Waals surface area contributed by atoms with Crippen LogP contribution in [0.5, 0.6) is 17.2 Å². The molecule has 0 amide bonds. The molecule has 0 aliphatic rings. The van der Waals surface area contributed by atoms with Gasteiger partial charge in [0.1, 0.15) is 23.9 Å². The van der Waals surface area contributed by atoms with Crippen molar-refractivity contribution in [3.05, 3.63) is 65.6 Å². The molecule has 2 aromatic carbocycles. The summed E-state index contributed by atoms with van der Waals surface area (Å²) in [4.78, 5) is 7.80. The zero-order valence-electron chi connectivity index (χ0n) is 15.1. The normalized spacial score (nSPS) is 10.8. The van der Waals surface area contributed by atoms with Gasteiger partial charge in [0.05, 0.1) is 6.20 Å². The van der Waals surface area contributed by atoms with E-state index in [1.807, 2.05) is 26.0 Å². The lowest BCUT2D eigenvalue weighted by molar-refractivity contribution is 0.304. The smallest absolute Gasteiger partial charge is 0.222 e. The highest BCUT2D eigenvalue weighted by Crippen LogP contribution is 2.35. The summed E-state index contributed by atoms with van der Waals surface area (Å²) < 4.78 is 25.0. The molecule has 0 saturated carbocycles. The van der Waals surface area contributed by atoms with Gasteiger partial charge in [0, 0.05) is 5.56 Å². The quantitative estimate of drug-likeness (QED) is 0.674. The first-order valence-corrected chi connectivity index (χ1v) is 8.49. The van der Waals surface area contributed by atoms with Crippen molar-refractivity contribution in [2.24, 2.45) is 0 Å². The van der Waals surface area contributed by atoms with Gasteiger partial charge in [-0.1, -0.05) is 26.0 Å². The Labute approximate surface area is 157 Å². The average Bonchev–Trinajstić information content (AvgIpc) is 2.63. The van der Waals surface area contributed by atoms with Crippen LogP contribution >= 0.6 is 0 Å². The minimum Gasteiger partial charge on any atom is -0.489 e. The molecule has 0 spiro atoms. The van der Waals surface area contributed by atoms with E-state index in [4.69, 9.17) is 20.9 Å². The first kappa shape index (κ1) is 18.4. The number of benzene rings is 2. The molecule has 0 radical (unpaired) electrons. The molecule has 0 fully saturated rings. The Balaban J connectivity index is 1.80. The summed E-state index contributed by atoms with van der Waals surface area (Å²) in [5.74, 6) is 1.77. The Morgan fingerprint density at radius 2 is 1.89 bits per heavy atom. The molecule has 0 aliphatic carbocycles. The summed E-state index contributed by atoms with van der Waals surface area (Å²) in [6.45, 7) is 4.36. The van der Waals surface area contributed by atoms with Crippen molar-refractivity contribution in [1.82, 2.24) is 9.97 Å². The van der Waals surface area contributed by atoms with E-state index >= 15 is 0 Å². The summed E-state index contributed by atoms with van der Waals surface area (Å²) in [5.41, 5.74) is 13.0. The topological polar surface area (TPSA) is 96.3 Å². The number of rotatable bonds is 6. The molecule has 7 heteroatoms. The van der Waals surface area contributed by atoms with Crippen molar-refractivity contribution >= 4 is 11.8 Å². The second kappa shape index (κ2) is 7.90. The van der Waals surface area contributed by atoms with E-state index in [-0.39, 0.29) is 30.1 Å². The van der Waals surface area contributed by atoms with Crippen LogP contribution in [0.25, 0.3) is 0 Å². The molecule has 6 nitrogen and oxygen atoms in total. The van der Waals surface area contributed by atoms with Crippen molar-refractivity contribution in [1.29, 1.82) is 0 Å². The molecule has 3 rings (SSSR count). The molecule has 1 heterocycles. The summed E-state index contributed by atoms with van der Waals surface area (Å²) in [6, 6.07) is 11.8. The maximum Gasteiger partial charge on any atom is 0.222 e. The van der Waals surface area contributed by atoms with Crippen LogP contribution in [0.3, 0.4) is 0 Å². The van der Waals surface area contributed by atoms with Gasteiger partial charge in [0.25, 0.3) is 0 Å². The lowest BCUT2D eigenvalue weighted by Gasteiger charge is -2.16. The van der Waals surface area contributed by atoms with Crippen molar-refractivity contribution in [2.75, 3.05) is 11.5 Å². The molecule has 27 heavy (non-hydrogen) atoms. The number of hydrogen-bond donors (Lipinski definition) is 2. The molecular formula is C20H21FN4O2. The van der Waals surface area contributed by atoms with Crippen LogP contribution in [-0.4, -0.2) is 9.97 Å². The van der Waals surface area contributed by atoms with Crippen molar-refractivity contribution in [3.8, 4) is 17.2 Å². The second-order valence-electron chi connectivity index (χ2n) is 6.35. The third-order valence-electron chi connectivity index (χ3n) is 3.92. The first-order chi connectivity index (χ1) is 12.9. The largest absolute Gasteiger partial charge is 0.489 e.